The van der Waals surface area contributed by atoms with Crippen LogP contribution in [0.3, 0.4) is 0 Å². The molecule has 2 rings (SSSR count). The molecule has 1 aromatic heterocycles. The standard InChI is InChI=1S/C14H21N5O/c1-3-5-12-11(6-4-9-15)14(20)19(18-12)13-8-7-10(2)16-17-13/h7-8,11H,3-6,9,15H2,1-2H3. The van der Waals surface area contributed by atoms with Gasteiger partial charge in [-0.25, -0.2) is 0 Å². The van der Waals surface area contributed by atoms with Crippen LogP contribution in [0.25, 0.3) is 0 Å². The summed E-state index contributed by atoms with van der Waals surface area (Å²) in [6.45, 7) is 4.53. The van der Waals surface area contributed by atoms with Gasteiger partial charge in [0.25, 0.3) is 5.91 Å². The molecule has 0 radical (unpaired) electrons. The average molecular weight is 275 g/mol. The van der Waals surface area contributed by atoms with Crippen LogP contribution < -0.4 is 10.7 Å². The molecule has 108 valence electrons. The number of carbonyl (C=O) groups is 1. The number of amides is 1. The van der Waals surface area contributed by atoms with Crippen molar-refractivity contribution in [2.75, 3.05) is 11.6 Å². The first kappa shape index (κ1) is 14.6. The smallest absolute Gasteiger partial charge is 0.257 e. The van der Waals surface area contributed by atoms with Crippen LogP contribution in [0.1, 0.15) is 38.3 Å². The van der Waals surface area contributed by atoms with E-state index < -0.39 is 0 Å². The number of hydrogen-bond donors (Lipinski definition) is 1. The minimum Gasteiger partial charge on any atom is -0.330 e. The van der Waals surface area contributed by atoms with Crippen LogP contribution in [-0.4, -0.2) is 28.4 Å². The second kappa shape index (κ2) is 6.56. The van der Waals surface area contributed by atoms with Gasteiger partial charge < -0.3 is 5.73 Å². The molecule has 0 saturated heterocycles. The third-order valence-electron chi connectivity index (χ3n) is 3.34. The Kier molecular flexibility index (Phi) is 4.79. The maximum Gasteiger partial charge on any atom is 0.257 e. The van der Waals surface area contributed by atoms with Crippen molar-refractivity contribution in [1.29, 1.82) is 0 Å². The molecule has 0 spiro atoms. The highest BCUT2D eigenvalue weighted by Gasteiger charge is 2.36. The molecule has 1 aromatic rings. The van der Waals surface area contributed by atoms with E-state index in [1.165, 1.54) is 5.01 Å². The van der Waals surface area contributed by atoms with Crippen molar-refractivity contribution in [2.24, 2.45) is 16.8 Å². The van der Waals surface area contributed by atoms with Crippen molar-refractivity contribution in [3.63, 3.8) is 0 Å². The van der Waals surface area contributed by atoms with E-state index in [2.05, 4.69) is 22.2 Å². The molecular formula is C14H21N5O. The molecule has 6 heteroatoms. The summed E-state index contributed by atoms with van der Waals surface area (Å²) < 4.78 is 0. The van der Waals surface area contributed by atoms with Crippen LogP contribution >= 0.6 is 0 Å². The highest BCUT2D eigenvalue weighted by Crippen LogP contribution is 2.26. The second-order valence-electron chi connectivity index (χ2n) is 5.01. The van der Waals surface area contributed by atoms with Gasteiger partial charge in [-0.2, -0.15) is 15.2 Å². The summed E-state index contributed by atoms with van der Waals surface area (Å²) in [7, 11) is 0. The Labute approximate surface area is 119 Å². The topological polar surface area (TPSA) is 84.5 Å². The molecule has 20 heavy (non-hydrogen) atoms. The van der Waals surface area contributed by atoms with Gasteiger partial charge in [-0.3, -0.25) is 4.79 Å². The van der Waals surface area contributed by atoms with E-state index in [4.69, 9.17) is 5.73 Å². The Morgan fingerprint density at radius 3 is 2.75 bits per heavy atom. The number of nitrogens with two attached hydrogens (primary N) is 1. The minimum atomic E-state index is -0.151. The molecule has 1 atom stereocenters. The lowest BCUT2D eigenvalue weighted by molar-refractivity contribution is -0.120. The summed E-state index contributed by atoms with van der Waals surface area (Å²) in [5.74, 6) is 0.325. The molecule has 0 saturated carbocycles. The van der Waals surface area contributed by atoms with Crippen LogP contribution in [0, 0.1) is 12.8 Å². The zero-order valence-corrected chi connectivity index (χ0v) is 12.0. The molecule has 1 unspecified atom stereocenters. The number of aromatic nitrogens is 2. The van der Waals surface area contributed by atoms with Crippen LogP contribution in [-0.2, 0) is 4.79 Å². The Bertz CT molecular complexity index is 497. The maximum absolute atomic E-state index is 12.5. The fourth-order valence-corrected chi connectivity index (χ4v) is 2.30. The average Bonchev–Trinajstić information content (AvgIpc) is 2.75. The fourth-order valence-electron chi connectivity index (χ4n) is 2.30. The lowest BCUT2D eigenvalue weighted by Crippen LogP contribution is -2.28. The van der Waals surface area contributed by atoms with E-state index >= 15 is 0 Å². The molecule has 2 heterocycles. The summed E-state index contributed by atoms with van der Waals surface area (Å²) in [5, 5.41) is 13.9. The van der Waals surface area contributed by atoms with Crippen LogP contribution in [0.4, 0.5) is 5.82 Å². The summed E-state index contributed by atoms with van der Waals surface area (Å²) in [6, 6.07) is 3.61. The highest BCUT2D eigenvalue weighted by atomic mass is 16.2. The number of carbonyl (C=O) groups excluding carboxylic acids is 1. The number of anilines is 1. The second-order valence-corrected chi connectivity index (χ2v) is 5.01. The van der Waals surface area contributed by atoms with Crippen molar-refractivity contribution in [3.8, 4) is 0 Å². The van der Waals surface area contributed by atoms with Crippen molar-refractivity contribution >= 4 is 17.4 Å². The predicted molar refractivity (Wildman–Crippen MR) is 78.4 cm³/mol. The number of nitrogens with zero attached hydrogens (tertiary/aromatic N) is 4. The van der Waals surface area contributed by atoms with Crippen molar-refractivity contribution in [3.05, 3.63) is 17.8 Å². The summed E-state index contributed by atoms with van der Waals surface area (Å²) in [6.07, 6.45) is 3.38. The molecule has 1 aliphatic heterocycles. The summed E-state index contributed by atoms with van der Waals surface area (Å²) >= 11 is 0. The number of hydrazone groups is 1. The van der Waals surface area contributed by atoms with Gasteiger partial charge in [-0.1, -0.05) is 13.3 Å². The van der Waals surface area contributed by atoms with Gasteiger partial charge in [0.2, 0.25) is 0 Å². The Morgan fingerprint density at radius 2 is 2.15 bits per heavy atom. The van der Waals surface area contributed by atoms with Gasteiger partial charge in [-0.05, 0) is 44.9 Å². The largest absolute Gasteiger partial charge is 0.330 e. The first-order chi connectivity index (χ1) is 9.67. The molecule has 2 N–H and O–H groups in total. The molecule has 1 aliphatic rings. The van der Waals surface area contributed by atoms with E-state index in [0.29, 0.717) is 12.4 Å². The van der Waals surface area contributed by atoms with Crippen LogP contribution in [0.5, 0.6) is 0 Å². The first-order valence-corrected chi connectivity index (χ1v) is 7.09. The van der Waals surface area contributed by atoms with Gasteiger partial charge in [0, 0.05) is 0 Å². The summed E-state index contributed by atoms with van der Waals surface area (Å²) in [4.78, 5) is 12.5. The molecule has 6 nitrogen and oxygen atoms in total. The Morgan fingerprint density at radius 1 is 1.35 bits per heavy atom. The van der Waals surface area contributed by atoms with E-state index in [-0.39, 0.29) is 11.8 Å². The number of rotatable bonds is 6. The lowest BCUT2D eigenvalue weighted by Gasteiger charge is -2.12. The zero-order chi connectivity index (χ0) is 14.5. The van der Waals surface area contributed by atoms with E-state index in [0.717, 1.165) is 37.1 Å². The number of hydrogen-bond acceptors (Lipinski definition) is 5. The fraction of sp³-hybridized carbons (Fsp3) is 0.571. The van der Waals surface area contributed by atoms with E-state index in [9.17, 15) is 4.79 Å². The molecule has 0 bridgehead atoms. The normalized spacial score (nSPS) is 18.6. The Balaban J connectivity index is 2.21. The maximum atomic E-state index is 12.5. The highest BCUT2D eigenvalue weighted by molar-refractivity contribution is 6.15. The lowest BCUT2D eigenvalue weighted by atomic mass is 9.95. The van der Waals surface area contributed by atoms with Crippen molar-refractivity contribution in [2.45, 2.75) is 39.5 Å². The van der Waals surface area contributed by atoms with Gasteiger partial charge in [0.15, 0.2) is 5.82 Å². The first-order valence-electron chi connectivity index (χ1n) is 7.09. The van der Waals surface area contributed by atoms with Crippen molar-refractivity contribution in [1.82, 2.24) is 10.2 Å². The zero-order valence-electron chi connectivity index (χ0n) is 12.0. The third kappa shape index (κ3) is 3.01. The quantitative estimate of drug-likeness (QED) is 0.855. The third-order valence-corrected chi connectivity index (χ3v) is 3.34. The monoisotopic (exact) mass is 275 g/mol. The van der Waals surface area contributed by atoms with E-state index in [1.807, 2.05) is 13.0 Å². The van der Waals surface area contributed by atoms with Gasteiger partial charge in [0.1, 0.15) is 0 Å². The van der Waals surface area contributed by atoms with Crippen LogP contribution in [0.15, 0.2) is 17.2 Å². The van der Waals surface area contributed by atoms with Gasteiger partial charge in [-0.15, -0.1) is 5.10 Å². The van der Waals surface area contributed by atoms with Crippen LogP contribution in [0.2, 0.25) is 0 Å². The predicted octanol–water partition coefficient (Wildman–Crippen LogP) is 1.64. The van der Waals surface area contributed by atoms with E-state index in [1.54, 1.807) is 6.07 Å². The SMILES string of the molecule is CCCC1=NN(c2ccc(C)nn2)C(=O)C1CCCN. The minimum absolute atomic E-state index is 0.0138. The summed E-state index contributed by atoms with van der Waals surface area (Å²) in [5.41, 5.74) is 7.30. The number of aryl methyl sites for hydroxylation is 1. The Hall–Kier alpha value is -1.82. The van der Waals surface area contributed by atoms with Gasteiger partial charge >= 0.3 is 0 Å². The molecule has 0 aliphatic carbocycles. The molecule has 0 fully saturated rings. The molecular weight excluding hydrogens is 254 g/mol. The van der Waals surface area contributed by atoms with Crippen molar-refractivity contribution < 1.29 is 4.79 Å². The van der Waals surface area contributed by atoms with Gasteiger partial charge in [0.05, 0.1) is 17.3 Å². The molecule has 0 aromatic carbocycles. The molecule has 1 amide bonds.